The van der Waals surface area contributed by atoms with Crippen LogP contribution in [-0.2, 0) is 0 Å². The molecule has 84 valence electrons. The minimum Gasteiger partial charge on any atom is -0.301 e. The van der Waals surface area contributed by atoms with E-state index in [2.05, 4.69) is 11.8 Å². The van der Waals surface area contributed by atoms with Gasteiger partial charge < -0.3 is 4.90 Å². The molecule has 1 heterocycles. The number of hydrogen-bond acceptors (Lipinski definition) is 1. The number of unbranched alkanes of at least 4 members (excludes halogenated alkanes) is 2. The van der Waals surface area contributed by atoms with Crippen LogP contribution < -0.4 is 0 Å². The summed E-state index contributed by atoms with van der Waals surface area (Å²) in [6.45, 7) is 4.99. The van der Waals surface area contributed by atoms with Gasteiger partial charge in [0.05, 0.1) is 0 Å². The van der Waals surface area contributed by atoms with Gasteiger partial charge >= 0.3 is 0 Å². The van der Waals surface area contributed by atoms with Crippen LogP contribution in [0.1, 0.15) is 51.9 Å². The van der Waals surface area contributed by atoms with Gasteiger partial charge in [-0.2, -0.15) is 0 Å². The van der Waals surface area contributed by atoms with E-state index in [-0.39, 0.29) is 0 Å². The molecule has 0 amide bonds. The standard InChI is InChI=1S/C12H24ClN/c1-12-8-4-2-6-10-14(12)11-7-3-5-9-13/h12H,2-11H2,1H3. The molecule has 1 aliphatic rings. The molecule has 2 heteroatoms. The van der Waals surface area contributed by atoms with E-state index in [1.807, 2.05) is 0 Å². The Morgan fingerprint density at radius 3 is 2.79 bits per heavy atom. The summed E-state index contributed by atoms with van der Waals surface area (Å²) in [5.41, 5.74) is 0. The summed E-state index contributed by atoms with van der Waals surface area (Å²) in [5, 5.41) is 0. The lowest BCUT2D eigenvalue weighted by Crippen LogP contribution is -2.33. The molecule has 0 saturated carbocycles. The number of alkyl halides is 1. The molecule has 0 aromatic rings. The van der Waals surface area contributed by atoms with Gasteiger partial charge in [-0.3, -0.25) is 0 Å². The first-order valence-corrected chi connectivity index (χ1v) is 6.68. The average molecular weight is 218 g/mol. The first-order valence-electron chi connectivity index (χ1n) is 6.14. The zero-order valence-corrected chi connectivity index (χ0v) is 10.2. The first kappa shape index (κ1) is 12.3. The van der Waals surface area contributed by atoms with Crippen LogP contribution in [0.2, 0.25) is 0 Å². The van der Waals surface area contributed by atoms with Crippen molar-refractivity contribution < 1.29 is 0 Å². The average Bonchev–Trinajstić information content (AvgIpc) is 2.39. The largest absolute Gasteiger partial charge is 0.301 e. The van der Waals surface area contributed by atoms with E-state index >= 15 is 0 Å². The fourth-order valence-electron chi connectivity index (χ4n) is 2.25. The van der Waals surface area contributed by atoms with Gasteiger partial charge in [0.2, 0.25) is 0 Å². The van der Waals surface area contributed by atoms with Gasteiger partial charge in [-0.1, -0.05) is 19.3 Å². The zero-order valence-electron chi connectivity index (χ0n) is 9.47. The van der Waals surface area contributed by atoms with Crippen molar-refractivity contribution in [3.63, 3.8) is 0 Å². The van der Waals surface area contributed by atoms with Crippen LogP contribution in [0, 0.1) is 0 Å². The highest BCUT2D eigenvalue weighted by atomic mass is 35.5. The predicted molar refractivity (Wildman–Crippen MR) is 64.1 cm³/mol. The van der Waals surface area contributed by atoms with Gasteiger partial charge in [-0.25, -0.2) is 0 Å². The molecule has 0 radical (unpaired) electrons. The van der Waals surface area contributed by atoms with Crippen molar-refractivity contribution in [1.29, 1.82) is 0 Å². The monoisotopic (exact) mass is 217 g/mol. The number of halogens is 1. The maximum absolute atomic E-state index is 5.66. The summed E-state index contributed by atoms with van der Waals surface area (Å²) < 4.78 is 0. The quantitative estimate of drug-likeness (QED) is 0.502. The van der Waals surface area contributed by atoms with E-state index in [1.165, 1.54) is 58.0 Å². The van der Waals surface area contributed by atoms with Crippen molar-refractivity contribution in [1.82, 2.24) is 4.90 Å². The lowest BCUT2D eigenvalue weighted by Gasteiger charge is -2.26. The molecular weight excluding hydrogens is 194 g/mol. The van der Waals surface area contributed by atoms with Crippen LogP contribution in [-0.4, -0.2) is 29.9 Å². The Morgan fingerprint density at radius 1 is 1.14 bits per heavy atom. The van der Waals surface area contributed by atoms with Crippen LogP contribution in [0.15, 0.2) is 0 Å². The lowest BCUT2D eigenvalue weighted by atomic mass is 10.1. The highest BCUT2D eigenvalue weighted by molar-refractivity contribution is 6.17. The van der Waals surface area contributed by atoms with Crippen molar-refractivity contribution in [2.45, 2.75) is 57.9 Å². The predicted octanol–water partition coefficient (Wildman–Crippen LogP) is 3.66. The maximum Gasteiger partial charge on any atom is 0.0223 e. The summed E-state index contributed by atoms with van der Waals surface area (Å²) in [4.78, 5) is 2.67. The van der Waals surface area contributed by atoms with E-state index in [0.717, 1.165) is 11.9 Å². The van der Waals surface area contributed by atoms with Crippen molar-refractivity contribution in [3.8, 4) is 0 Å². The molecule has 0 aromatic carbocycles. The van der Waals surface area contributed by atoms with Gasteiger partial charge in [-0.05, 0) is 45.7 Å². The highest BCUT2D eigenvalue weighted by Gasteiger charge is 2.15. The van der Waals surface area contributed by atoms with E-state index in [0.29, 0.717) is 0 Å². The summed E-state index contributed by atoms with van der Waals surface area (Å²) in [7, 11) is 0. The molecule has 1 nitrogen and oxygen atoms in total. The number of rotatable bonds is 5. The van der Waals surface area contributed by atoms with Gasteiger partial charge in [0.25, 0.3) is 0 Å². The summed E-state index contributed by atoms with van der Waals surface area (Å²) >= 11 is 5.66. The number of likely N-dealkylation sites (tertiary alicyclic amines) is 1. The Morgan fingerprint density at radius 2 is 2.00 bits per heavy atom. The van der Waals surface area contributed by atoms with E-state index in [9.17, 15) is 0 Å². The zero-order chi connectivity index (χ0) is 10.2. The van der Waals surface area contributed by atoms with Crippen molar-refractivity contribution in [3.05, 3.63) is 0 Å². The molecule has 0 spiro atoms. The van der Waals surface area contributed by atoms with E-state index in [4.69, 9.17) is 11.6 Å². The Labute approximate surface area is 93.8 Å². The second-order valence-corrected chi connectivity index (χ2v) is 4.86. The van der Waals surface area contributed by atoms with Gasteiger partial charge in [0.1, 0.15) is 0 Å². The van der Waals surface area contributed by atoms with Crippen LogP contribution in [0.25, 0.3) is 0 Å². The Bertz CT molecular complexity index is 138. The van der Waals surface area contributed by atoms with Gasteiger partial charge in [-0.15, -0.1) is 11.6 Å². The van der Waals surface area contributed by atoms with Gasteiger partial charge in [0.15, 0.2) is 0 Å². The molecule has 1 fully saturated rings. The number of nitrogens with zero attached hydrogens (tertiary/aromatic N) is 1. The fourth-order valence-corrected chi connectivity index (χ4v) is 2.44. The normalized spacial score (nSPS) is 24.9. The number of hydrogen-bond donors (Lipinski definition) is 0. The first-order chi connectivity index (χ1) is 6.84. The molecule has 1 aliphatic heterocycles. The maximum atomic E-state index is 5.66. The topological polar surface area (TPSA) is 3.24 Å². The van der Waals surface area contributed by atoms with Crippen LogP contribution in [0.5, 0.6) is 0 Å². The van der Waals surface area contributed by atoms with E-state index in [1.54, 1.807) is 0 Å². The van der Waals surface area contributed by atoms with Crippen LogP contribution >= 0.6 is 11.6 Å². The molecule has 1 atom stereocenters. The minimum atomic E-state index is 0.813. The van der Waals surface area contributed by atoms with Crippen LogP contribution in [0.4, 0.5) is 0 Å². The molecule has 14 heavy (non-hydrogen) atoms. The van der Waals surface area contributed by atoms with Crippen molar-refractivity contribution in [2.75, 3.05) is 19.0 Å². The Balaban J connectivity index is 2.13. The molecule has 1 rings (SSSR count). The Hall–Kier alpha value is 0.250. The lowest BCUT2D eigenvalue weighted by molar-refractivity contribution is 0.209. The van der Waals surface area contributed by atoms with E-state index < -0.39 is 0 Å². The second-order valence-electron chi connectivity index (χ2n) is 4.48. The fraction of sp³-hybridized carbons (Fsp3) is 1.00. The SMILES string of the molecule is CC1CCCCCN1CCCCCCl. The minimum absolute atomic E-state index is 0.813. The molecule has 0 N–H and O–H groups in total. The summed E-state index contributed by atoms with van der Waals surface area (Å²) in [6.07, 6.45) is 9.48. The van der Waals surface area contributed by atoms with Crippen molar-refractivity contribution >= 4 is 11.6 Å². The molecule has 1 unspecified atom stereocenters. The summed E-state index contributed by atoms with van der Waals surface area (Å²) in [5.74, 6) is 0.829. The molecule has 0 aliphatic carbocycles. The third-order valence-electron chi connectivity index (χ3n) is 3.27. The molecular formula is C12H24ClN. The second kappa shape index (κ2) is 7.53. The van der Waals surface area contributed by atoms with Crippen molar-refractivity contribution in [2.24, 2.45) is 0 Å². The Kier molecular flexibility index (Phi) is 6.63. The molecule has 1 saturated heterocycles. The van der Waals surface area contributed by atoms with Crippen LogP contribution in [0.3, 0.4) is 0 Å². The molecule has 0 bridgehead atoms. The highest BCUT2D eigenvalue weighted by Crippen LogP contribution is 2.16. The van der Waals surface area contributed by atoms with Gasteiger partial charge in [0, 0.05) is 11.9 Å². The third kappa shape index (κ3) is 4.65. The third-order valence-corrected chi connectivity index (χ3v) is 3.54. The molecule has 0 aromatic heterocycles. The summed E-state index contributed by atoms with van der Waals surface area (Å²) in [6, 6.07) is 0.813. The smallest absolute Gasteiger partial charge is 0.0223 e.